The summed E-state index contributed by atoms with van der Waals surface area (Å²) in [7, 11) is 1.46. The van der Waals surface area contributed by atoms with Gasteiger partial charge in [0.2, 0.25) is 0 Å². The van der Waals surface area contributed by atoms with Crippen molar-refractivity contribution in [3.05, 3.63) is 12.0 Å². The normalized spacial score (nSPS) is 11.7. The van der Waals surface area contributed by atoms with Crippen LogP contribution < -0.4 is 0 Å². The smallest absolute Gasteiger partial charge is 0.280 e. The summed E-state index contributed by atoms with van der Waals surface area (Å²) in [6.07, 6.45) is 7.12. The highest BCUT2D eigenvalue weighted by Gasteiger charge is 2.18. The minimum Gasteiger partial charge on any atom is -0.332 e. The summed E-state index contributed by atoms with van der Waals surface area (Å²) >= 11 is 0. The maximum absolute atomic E-state index is 11.1. The highest BCUT2D eigenvalue weighted by Crippen LogP contribution is 2.19. The molecule has 0 atom stereocenters. The first-order valence-corrected chi connectivity index (χ1v) is 7.12. The van der Waals surface area contributed by atoms with Crippen molar-refractivity contribution in [3.63, 3.8) is 0 Å². The molecule has 0 spiro atoms. The molecule has 6 heteroatoms. The largest absolute Gasteiger partial charge is 0.332 e. The van der Waals surface area contributed by atoms with Crippen LogP contribution in [0.25, 0.3) is 0 Å². The Hall–Kier alpha value is -0.990. The Morgan fingerprint density at radius 1 is 1.62 bits per heavy atom. The summed E-state index contributed by atoms with van der Waals surface area (Å²) in [5.41, 5.74) is 0. The molecule has 1 heterocycles. The van der Waals surface area contributed by atoms with Gasteiger partial charge >= 0.3 is 0 Å². The third-order valence-corrected chi connectivity index (χ3v) is 3.22. The quantitative estimate of drug-likeness (QED) is 0.614. The number of nitrogens with zero attached hydrogens (tertiary/aromatic N) is 2. The van der Waals surface area contributed by atoms with Gasteiger partial charge in [0, 0.05) is 35.8 Å². The number of terminal acetylenes is 1. The molecule has 1 aromatic heterocycles. The molecule has 0 saturated carbocycles. The molecule has 0 amide bonds. The molecule has 0 radical (unpaired) electrons. The monoisotopic (exact) mass is 260 g/mol. The lowest BCUT2D eigenvalue weighted by Crippen LogP contribution is -2.04. The number of aryl methyl sites for hydroxylation is 1. The Labute approximate surface area is 100 Å². The Morgan fingerprint density at radius 3 is 2.69 bits per heavy atom. The lowest BCUT2D eigenvalue weighted by molar-refractivity contribution is 0.606. The average Bonchev–Trinajstić information content (AvgIpc) is 2.57. The number of aromatic nitrogens is 2. The zero-order valence-electron chi connectivity index (χ0n) is 9.14. The maximum Gasteiger partial charge on any atom is 0.280 e. The number of halogens is 1. The van der Waals surface area contributed by atoms with Gasteiger partial charge in [0.15, 0.2) is 5.03 Å². The van der Waals surface area contributed by atoms with Crippen molar-refractivity contribution in [2.24, 2.45) is 0 Å². The first kappa shape index (κ1) is 13.1. The van der Waals surface area contributed by atoms with E-state index in [4.69, 9.17) is 17.1 Å². The van der Waals surface area contributed by atoms with E-state index in [1.807, 2.05) is 13.8 Å². The van der Waals surface area contributed by atoms with Crippen LogP contribution in [0.2, 0.25) is 0 Å². The molecule has 0 aliphatic carbocycles. The Morgan fingerprint density at radius 2 is 2.25 bits per heavy atom. The summed E-state index contributed by atoms with van der Waals surface area (Å²) in [5.74, 6) is 3.29. The Bertz CT molecular complexity index is 511. The van der Waals surface area contributed by atoms with Crippen LogP contribution in [0.1, 0.15) is 32.0 Å². The van der Waals surface area contributed by atoms with Crippen LogP contribution in [-0.4, -0.2) is 18.0 Å². The molecule has 0 bridgehead atoms. The van der Waals surface area contributed by atoms with E-state index in [9.17, 15) is 8.42 Å². The van der Waals surface area contributed by atoms with Crippen LogP contribution in [0, 0.1) is 12.3 Å². The molecule has 0 fully saturated rings. The van der Waals surface area contributed by atoms with Crippen LogP contribution in [-0.2, 0) is 15.6 Å². The lowest BCUT2D eigenvalue weighted by Gasteiger charge is -2.07. The summed E-state index contributed by atoms with van der Waals surface area (Å²) in [6.45, 7) is 4.40. The van der Waals surface area contributed by atoms with Gasteiger partial charge in [0.1, 0.15) is 5.82 Å². The van der Waals surface area contributed by atoms with Gasteiger partial charge in [0.05, 0.1) is 0 Å². The van der Waals surface area contributed by atoms with Gasteiger partial charge in [-0.25, -0.2) is 13.4 Å². The fourth-order valence-corrected chi connectivity index (χ4v) is 2.03. The van der Waals surface area contributed by atoms with Crippen LogP contribution in [0.3, 0.4) is 0 Å². The van der Waals surface area contributed by atoms with E-state index in [0.717, 1.165) is 0 Å². The van der Waals surface area contributed by atoms with Gasteiger partial charge in [-0.15, -0.1) is 12.3 Å². The molecule has 1 aromatic rings. The van der Waals surface area contributed by atoms with Crippen molar-refractivity contribution < 1.29 is 8.42 Å². The van der Waals surface area contributed by atoms with Crippen molar-refractivity contribution >= 4 is 19.7 Å². The van der Waals surface area contributed by atoms with Crippen LogP contribution in [0.5, 0.6) is 0 Å². The molecule has 0 saturated heterocycles. The standard InChI is InChI=1S/C10H13ClN2O2S/c1-4-5-6-13-7-9(16(11,14)15)12-10(13)8(2)3/h1,7-8H,5-6H2,2-3H3. The fourth-order valence-electron chi connectivity index (χ4n) is 1.35. The van der Waals surface area contributed by atoms with Gasteiger partial charge in [-0.1, -0.05) is 13.8 Å². The average molecular weight is 261 g/mol. The van der Waals surface area contributed by atoms with E-state index in [2.05, 4.69) is 10.9 Å². The first-order chi connectivity index (χ1) is 7.36. The van der Waals surface area contributed by atoms with Gasteiger partial charge in [-0.05, 0) is 0 Å². The van der Waals surface area contributed by atoms with Crippen molar-refractivity contribution in [2.75, 3.05) is 0 Å². The molecule has 0 aliphatic heterocycles. The highest BCUT2D eigenvalue weighted by molar-refractivity contribution is 8.13. The molecular formula is C10H13ClN2O2S. The van der Waals surface area contributed by atoms with E-state index >= 15 is 0 Å². The Kier molecular flexibility index (Phi) is 4.00. The highest BCUT2D eigenvalue weighted by atomic mass is 35.7. The van der Waals surface area contributed by atoms with E-state index in [0.29, 0.717) is 18.8 Å². The molecule has 0 aromatic carbocycles. The summed E-state index contributed by atoms with van der Waals surface area (Å²) in [4.78, 5) is 4.01. The molecule has 0 aliphatic rings. The first-order valence-electron chi connectivity index (χ1n) is 4.81. The number of hydrogen-bond donors (Lipinski definition) is 0. The van der Waals surface area contributed by atoms with Crippen LogP contribution in [0.4, 0.5) is 0 Å². The van der Waals surface area contributed by atoms with Crippen molar-refractivity contribution in [3.8, 4) is 12.3 Å². The predicted octanol–water partition coefficient (Wildman–Crippen LogP) is 1.96. The van der Waals surface area contributed by atoms with Gasteiger partial charge in [-0.3, -0.25) is 0 Å². The zero-order chi connectivity index (χ0) is 12.3. The topological polar surface area (TPSA) is 52.0 Å². The molecule has 16 heavy (non-hydrogen) atoms. The lowest BCUT2D eigenvalue weighted by atomic mass is 10.2. The molecule has 88 valence electrons. The van der Waals surface area contributed by atoms with Crippen molar-refractivity contribution in [2.45, 2.75) is 37.8 Å². The molecular weight excluding hydrogens is 248 g/mol. The molecule has 0 unspecified atom stereocenters. The molecule has 1 rings (SSSR count). The van der Waals surface area contributed by atoms with Crippen molar-refractivity contribution in [1.82, 2.24) is 9.55 Å². The second-order valence-electron chi connectivity index (χ2n) is 3.68. The van der Waals surface area contributed by atoms with E-state index < -0.39 is 9.05 Å². The Balaban J connectivity index is 3.16. The second-order valence-corrected chi connectivity index (χ2v) is 6.19. The minimum absolute atomic E-state index is 0.116. The third-order valence-electron chi connectivity index (χ3n) is 2.05. The van der Waals surface area contributed by atoms with Crippen LogP contribution >= 0.6 is 10.7 Å². The van der Waals surface area contributed by atoms with E-state index in [1.165, 1.54) is 6.20 Å². The number of rotatable bonds is 4. The second kappa shape index (κ2) is 4.89. The summed E-state index contributed by atoms with van der Waals surface area (Å²) < 4.78 is 24.0. The van der Waals surface area contributed by atoms with Crippen molar-refractivity contribution in [1.29, 1.82) is 0 Å². The van der Waals surface area contributed by atoms with E-state index in [-0.39, 0.29) is 10.9 Å². The SMILES string of the molecule is C#CCCn1cc(S(=O)(=O)Cl)nc1C(C)C. The fraction of sp³-hybridized carbons (Fsp3) is 0.500. The van der Waals surface area contributed by atoms with Gasteiger partial charge < -0.3 is 4.57 Å². The van der Waals surface area contributed by atoms with E-state index in [1.54, 1.807) is 4.57 Å². The summed E-state index contributed by atoms with van der Waals surface area (Å²) in [5, 5.41) is -0.116. The minimum atomic E-state index is -3.77. The molecule has 0 N–H and O–H groups in total. The number of imidazole rings is 1. The zero-order valence-corrected chi connectivity index (χ0v) is 10.7. The predicted molar refractivity (Wildman–Crippen MR) is 62.8 cm³/mol. The third kappa shape index (κ3) is 3.00. The maximum atomic E-state index is 11.1. The van der Waals surface area contributed by atoms with Gasteiger partial charge in [0.25, 0.3) is 9.05 Å². The van der Waals surface area contributed by atoms with Crippen LogP contribution in [0.15, 0.2) is 11.2 Å². The number of hydrogen-bond acceptors (Lipinski definition) is 3. The van der Waals surface area contributed by atoms with Gasteiger partial charge in [-0.2, -0.15) is 0 Å². The molecule has 4 nitrogen and oxygen atoms in total. The summed E-state index contributed by atoms with van der Waals surface area (Å²) in [6, 6.07) is 0.